The van der Waals surface area contributed by atoms with Crippen LogP contribution in [0.25, 0.3) is 5.65 Å². The number of fused-ring (bicyclic) bond motifs is 1. The fourth-order valence-electron chi connectivity index (χ4n) is 2.44. The van der Waals surface area contributed by atoms with Crippen LogP contribution in [0.4, 0.5) is 0 Å². The molecule has 0 aliphatic rings. The molecule has 6 heteroatoms. The molecular formula is C17H15BrClN3O. The van der Waals surface area contributed by atoms with Gasteiger partial charge < -0.3 is 0 Å². The van der Waals surface area contributed by atoms with Crippen LogP contribution in [0.2, 0.25) is 5.02 Å². The van der Waals surface area contributed by atoms with Crippen molar-refractivity contribution >= 4 is 33.2 Å². The van der Waals surface area contributed by atoms with Gasteiger partial charge in [0, 0.05) is 34.8 Å². The van der Waals surface area contributed by atoms with Crippen molar-refractivity contribution in [3.8, 4) is 0 Å². The molecule has 0 N–H and O–H groups in total. The minimum absolute atomic E-state index is 0.0776. The minimum atomic E-state index is -0.0776. The normalized spacial score (nSPS) is 11.3. The van der Waals surface area contributed by atoms with E-state index >= 15 is 0 Å². The van der Waals surface area contributed by atoms with Crippen LogP contribution in [0.1, 0.15) is 11.3 Å². The molecule has 0 amide bonds. The summed E-state index contributed by atoms with van der Waals surface area (Å²) in [5.74, 6) is 0. The summed E-state index contributed by atoms with van der Waals surface area (Å²) in [6.07, 6.45) is 1.73. The van der Waals surface area contributed by atoms with Crippen molar-refractivity contribution in [2.75, 3.05) is 7.05 Å². The smallest absolute Gasteiger partial charge is 0.258 e. The summed E-state index contributed by atoms with van der Waals surface area (Å²) in [6, 6.07) is 13.0. The largest absolute Gasteiger partial charge is 0.296 e. The molecule has 0 unspecified atom stereocenters. The molecule has 23 heavy (non-hydrogen) atoms. The Bertz CT molecular complexity index is 892. The summed E-state index contributed by atoms with van der Waals surface area (Å²) in [5.41, 5.74) is 2.49. The Kier molecular flexibility index (Phi) is 4.80. The predicted octanol–water partition coefficient (Wildman–Crippen LogP) is 3.74. The summed E-state index contributed by atoms with van der Waals surface area (Å²) in [6.45, 7) is 1.36. The molecule has 0 atom stereocenters. The standard InChI is InChI=1S/C17H15BrClN3O/c1-21(9-12-2-5-14(19)6-3-12)11-15-8-17(23)22-10-13(18)4-7-16(22)20-15/h2-8,10H,9,11H2,1H3. The lowest BCUT2D eigenvalue weighted by Crippen LogP contribution is -2.21. The topological polar surface area (TPSA) is 37.6 Å². The second-order valence-electron chi connectivity index (χ2n) is 5.46. The van der Waals surface area contributed by atoms with Gasteiger partial charge in [0.15, 0.2) is 0 Å². The van der Waals surface area contributed by atoms with Crippen LogP contribution in [0.15, 0.2) is 57.9 Å². The van der Waals surface area contributed by atoms with E-state index in [2.05, 4.69) is 25.8 Å². The van der Waals surface area contributed by atoms with Crippen LogP contribution >= 0.6 is 27.5 Å². The molecular weight excluding hydrogens is 378 g/mol. The van der Waals surface area contributed by atoms with Crippen LogP contribution in [0.5, 0.6) is 0 Å². The maximum Gasteiger partial charge on any atom is 0.258 e. The maximum atomic E-state index is 12.2. The zero-order valence-electron chi connectivity index (χ0n) is 12.5. The van der Waals surface area contributed by atoms with Crippen molar-refractivity contribution in [3.05, 3.63) is 79.8 Å². The van der Waals surface area contributed by atoms with Crippen LogP contribution < -0.4 is 5.56 Å². The minimum Gasteiger partial charge on any atom is -0.296 e. The molecule has 118 valence electrons. The first-order valence-corrected chi connectivity index (χ1v) is 8.29. The Labute approximate surface area is 147 Å². The third-order valence-electron chi connectivity index (χ3n) is 3.47. The van der Waals surface area contributed by atoms with Gasteiger partial charge in [0.1, 0.15) is 5.65 Å². The molecule has 1 aromatic carbocycles. The van der Waals surface area contributed by atoms with Gasteiger partial charge >= 0.3 is 0 Å². The predicted molar refractivity (Wildman–Crippen MR) is 95.8 cm³/mol. The number of hydrogen-bond acceptors (Lipinski definition) is 3. The van der Waals surface area contributed by atoms with Crippen molar-refractivity contribution in [2.24, 2.45) is 0 Å². The van der Waals surface area contributed by atoms with E-state index in [-0.39, 0.29) is 5.56 Å². The van der Waals surface area contributed by atoms with Crippen LogP contribution in [0, 0.1) is 0 Å². The number of aromatic nitrogens is 2. The van der Waals surface area contributed by atoms with Crippen LogP contribution in [-0.2, 0) is 13.1 Å². The van der Waals surface area contributed by atoms with Crippen molar-refractivity contribution in [2.45, 2.75) is 13.1 Å². The zero-order valence-corrected chi connectivity index (χ0v) is 14.9. The average Bonchev–Trinajstić information content (AvgIpc) is 2.50. The molecule has 0 aliphatic carbocycles. The first kappa shape index (κ1) is 16.2. The first-order valence-electron chi connectivity index (χ1n) is 7.12. The highest BCUT2D eigenvalue weighted by atomic mass is 79.9. The number of benzene rings is 1. The van der Waals surface area contributed by atoms with E-state index < -0.39 is 0 Å². The molecule has 0 saturated heterocycles. The van der Waals surface area contributed by atoms with E-state index in [1.54, 1.807) is 12.3 Å². The molecule has 0 aliphatic heterocycles. The fraction of sp³-hybridized carbons (Fsp3) is 0.176. The first-order chi connectivity index (χ1) is 11.0. The van der Waals surface area contributed by atoms with E-state index in [1.165, 1.54) is 9.96 Å². The third-order valence-corrected chi connectivity index (χ3v) is 4.20. The fourth-order valence-corrected chi connectivity index (χ4v) is 2.90. The van der Waals surface area contributed by atoms with E-state index in [4.69, 9.17) is 11.6 Å². The number of pyridine rings is 1. The molecule has 0 radical (unpaired) electrons. The molecule has 3 aromatic rings. The Morgan fingerprint density at radius 2 is 1.91 bits per heavy atom. The lowest BCUT2D eigenvalue weighted by Gasteiger charge is -2.16. The van der Waals surface area contributed by atoms with E-state index in [0.29, 0.717) is 12.2 Å². The second kappa shape index (κ2) is 6.83. The number of rotatable bonds is 4. The van der Waals surface area contributed by atoms with Crippen molar-refractivity contribution < 1.29 is 0 Å². The lowest BCUT2D eigenvalue weighted by molar-refractivity contribution is 0.315. The molecule has 3 rings (SSSR count). The highest BCUT2D eigenvalue weighted by Gasteiger charge is 2.07. The van der Waals surface area contributed by atoms with Gasteiger partial charge in [-0.25, -0.2) is 4.98 Å². The second-order valence-corrected chi connectivity index (χ2v) is 6.81. The van der Waals surface area contributed by atoms with E-state index in [1.807, 2.05) is 43.4 Å². The number of hydrogen-bond donors (Lipinski definition) is 0. The van der Waals surface area contributed by atoms with Gasteiger partial charge in [0.25, 0.3) is 5.56 Å². The Morgan fingerprint density at radius 3 is 2.65 bits per heavy atom. The van der Waals surface area contributed by atoms with Gasteiger partial charge in [0.05, 0.1) is 5.69 Å². The summed E-state index contributed by atoms with van der Waals surface area (Å²) in [7, 11) is 2.00. The maximum absolute atomic E-state index is 12.2. The molecule has 0 bridgehead atoms. The van der Waals surface area contributed by atoms with Gasteiger partial charge in [-0.2, -0.15) is 0 Å². The molecule has 4 nitrogen and oxygen atoms in total. The Balaban J connectivity index is 1.79. The SMILES string of the molecule is CN(Cc1ccc(Cl)cc1)Cc1cc(=O)n2cc(Br)ccc2n1. The quantitative estimate of drug-likeness (QED) is 0.679. The summed E-state index contributed by atoms with van der Waals surface area (Å²) < 4.78 is 2.38. The van der Waals surface area contributed by atoms with Gasteiger partial charge in [0.2, 0.25) is 0 Å². The van der Waals surface area contributed by atoms with Crippen molar-refractivity contribution in [3.63, 3.8) is 0 Å². The average molecular weight is 393 g/mol. The summed E-state index contributed by atoms with van der Waals surface area (Å²) in [4.78, 5) is 18.9. The Hall–Kier alpha value is -1.69. The summed E-state index contributed by atoms with van der Waals surface area (Å²) >= 11 is 9.26. The number of nitrogens with zero attached hydrogens (tertiary/aromatic N) is 3. The molecule has 2 heterocycles. The van der Waals surface area contributed by atoms with Crippen LogP contribution in [0.3, 0.4) is 0 Å². The van der Waals surface area contributed by atoms with E-state index in [9.17, 15) is 4.79 Å². The lowest BCUT2D eigenvalue weighted by atomic mass is 10.2. The molecule has 0 fully saturated rings. The van der Waals surface area contributed by atoms with Crippen LogP contribution in [-0.4, -0.2) is 21.3 Å². The highest BCUT2D eigenvalue weighted by Crippen LogP contribution is 2.13. The molecule has 2 aromatic heterocycles. The zero-order chi connectivity index (χ0) is 16.4. The van der Waals surface area contributed by atoms with E-state index in [0.717, 1.165) is 21.7 Å². The number of halogens is 2. The Morgan fingerprint density at radius 1 is 1.17 bits per heavy atom. The summed E-state index contributed by atoms with van der Waals surface area (Å²) in [5, 5.41) is 0.729. The molecule has 0 spiro atoms. The third kappa shape index (κ3) is 3.99. The monoisotopic (exact) mass is 391 g/mol. The van der Waals surface area contributed by atoms with Gasteiger partial charge in [-0.15, -0.1) is 0 Å². The molecule has 0 saturated carbocycles. The van der Waals surface area contributed by atoms with Crippen molar-refractivity contribution in [1.82, 2.24) is 14.3 Å². The van der Waals surface area contributed by atoms with Gasteiger partial charge in [-0.05, 0) is 52.8 Å². The van der Waals surface area contributed by atoms with Gasteiger partial charge in [-0.1, -0.05) is 23.7 Å². The van der Waals surface area contributed by atoms with Crippen molar-refractivity contribution in [1.29, 1.82) is 0 Å². The van der Waals surface area contributed by atoms with Gasteiger partial charge in [-0.3, -0.25) is 14.1 Å². The highest BCUT2D eigenvalue weighted by molar-refractivity contribution is 9.10.